The Labute approximate surface area is 114 Å². The highest BCUT2D eigenvalue weighted by molar-refractivity contribution is 5.45. The molecule has 1 N–H and O–H groups in total. The molecule has 2 saturated carbocycles. The lowest BCUT2D eigenvalue weighted by atomic mass is 9.94. The Bertz CT molecular complexity index is 488. The number of fused-ring (bicyclic) bond motifs is 3. The first-order valence-electron chi connectivity index (χ1n) is 7.45. The third-order valence-electron chi connectivity index (χ3n) is 5.10. The average molecular weight is 259 g/mol. The predicted molar refractivity (Wildman–Crippen MR) is 73.4 cm³/mol. The number of hydrogen-bond acceptors (Lipinski definition) is 3. The van der Waals surface area contributed by atoms with Crippen LogP contribution in [0.1, 0.15) is 44.2 Å². The van der Waals surface area contributed by atoms with Gasteiger partial charge in [-0.3, -0.25) is 0 Å². The first-order chi connectivity index (χ1) is 9.29. The highest BCUT2D eigenvalue weighted by Crippen LogP contribution is 2.45. The van der Waals surface area contributed by atoms with Gasteiger partial charge in [0.15, 0.2) is 11.5 Å². The lowest BCUT2D eigenvalue weighted by Crippen LogP contribution is -2.35. The van der Waals surface area contributed by atoms with Crippen LogP contribution in [-0.2, 0) is 0 Å². The first-order valence-corrected chi connectivity index (χ1v) is 7.45. The highest BCUT2D eigenvalue weighted by atomic mass is 16.7. The van der Waals surface area contributed by atoms with Crippen LogP contribution in [-0.4, -0.2) is 12.8 Å². The maximum absolute atomic E-state index is 5.46. The minimum absolute atomic E-state index is 0.354. The van der Waals surface area contributed by atoms with Crippen molar-refractivity contribution in [2.45, 2.75) is 44.7 Å². The predicted octanol–water partition coefficient (Wildman–Crippen LogP) is 3.25. The van der Waals surface area contributed by atoms with Crippen LogP contribution >= 0.6 is 0 Å². The van der Waals surface area contributed by atoms with Gasteiger partial charge in [-0.25, -0.2) is 0 Å². The van der Waals surface area contributed by atoms with Crippen molar-refractivity contribution < 1.29 is 9.47 Å². The lowest BCUT2D eigenvalue weighted by molar-refractivity contribution is 0.174. The van der Waals surface area contributed by atoms with E-state index in [4.69, 9.17) is 9.47 Å². The summed E-state index contributed by atoms with van der Waals surface area (Å²) in [6.45, 7) is 2.61. The molecule has 2 fully saturated rings. The molecule has 0 amide bonds. The monoisotopic (exact) mass is 259 g/mol. The number of rotatable bonds is 3. The molecule has 4 atom stereocenters. The van der Waals surface area contributed by atoms with Gasteiger partial charge in [-0.05, 0) is 55.7 Å². The van der Waals surface area contributed by atoms with Gasteiger partial charge in [-0.2, -0.15) is 0 Å². The lowest BCUT2D eigenvalue weighted by Gasteiger charge is -2.27. The van der Waals surface area contributed by atoms with E-state index in [0.29, 0.717) is 12.8 Å². The van der Waals surface area contributed by atoms with Crippen LogP contribution in [0.25, 0.3) is 0 Å². The quantitative estimate of drug-likeness (QED) is 0.903. The van der Waals surface area contributed by atoms with Gasteiger partial charge < -0.3 is 14.8 Å². The third kappa shape index (κ3) is 2.00. The Morgan fingerprint density at radius 1 is 1.16 bits per heavy atom. The van der Waals surface area contributed by atoms with E-state index < -0.39 is 0 Å². The molecule has 4 rings (SSSR count). The van der Waals surface area contributed by atoms with E-state index in [0.717, 1.165) is 29.4 Å². The second kappa shape index (κ2) is 4.41. The molecule has 1 aromatic rings. The Kier molecular flexibility index (Phi) is 2.69. The molecule has 19 heavy (non-hydrogen) atoms. The van der Waals surface area contributed by atoms with Crippen LogP contribution in [0, 0.1) is 11.8 Å². The molecule has 2 bridgehead atoms. The van der Waals surface area contributed by atoms with E-state index >= 15 is 0 Å². The highest BCUT2D eigenvalue weighted by Gasteiger charge is 2.39. The summed E-state index contributed by atoms with van der Waals surface area (Å²) >= 11 is 0. The van der Waals surface area contributed by atoms with Crippen molar-refractivity contribution in [2.24, 2.45) is 11.8 Å². The van der Waals surface area contributed by atoms with Crippen LogP contribution in [0.5, 0.6) is 11.5 Å². The van der Waals surface area contributed by atoms with Crippen LogP contribution in [0.15, 0.2) is 18.2 Å². The van der Waals surface area contributed by atoms with Crippen molar-refractivity contribution in [1.82, 2.24) is 5.32 Å². The molecule has 0 radical (unpaired) electrons. The zero-order chi connectivity index (χ0) is 12.8. The molecular formula is C16H21NO2. The van der Waals surface area contributed by atoms with E-state index in [-0.39, 0.29) is 0 Å². The standard InChI is InChI=1S/C16H21NO2/c1-10(17-14-7-11-2-3-13(14)6-11)12-4-5-15-16(8-12)19-9-18-15/h4-5,8,10-11,13-14,17H,2-3,6-7,9H2,1H3. The molecule has 0 aromatic heterocycles. The van der Waals surface area contributed by atoms with E-state index in [1.165, 1.54) is 31.2 Å². The van der Waals surface area contributed by atoms with Gasteiger partial charge in [0, 0.05) is 12.1 Å². The average Bonchev–Trinajstić information content (AvgIpc) is 3.13. The Morgan fingerprint density at radius 3 is 2.84 bits per heavy atom. The van der Waals surface area contributed by atoms with Crippen molar-refractivity contribution in [2.75, 3.05) is 6.79 Å². The topological polar surface area (TPSA) is 30.5 Å². The summed E-state index contributed by atoms with van der Waals surface area (Å²) in [5.74, 6) is 3.67. The zero-order valence-electron chi connectivity index (χ0n) is 11.4. The fourth-order valence-corrected chi connectivity index (χ4v) is 4.05. The van der Waals surface area contributed by atoms with Crippen LogP contribution in [0.2, 0.25) is 0 Å². The van der Waals surface area contributed by atoms with Crippen molar-refractivity contribution in [3.63, 3.8) is 0 Å². The van der Waals surface area contributed by atoms with Gasteiger partial charge in [0.25, 0.3) is 0 Å². The molecule has 1 heterocycles. The largest absolute Gasteiger partial charge is 0.454 e. The molecule has 3 nitrogen and oxygen atoms in total. The van der Waals surface area contributed by atoms with Crippen molar-refractivity contribution in [3.8, 4) is 11.5 Å². The number of nitrogens with one attached hydrogen (secondary N) is 1. The summed E-state index contributed by atoms with van der Waals surface area (Å²) < 4.78 is 10.8. The first kappa shape index (κ1) is 11.6. The van der Waals surface area contributed by atoms with Gasteiger partial charge >= 0.3 is 0 Å². The minimum Gasteiger partial charge on any atom is -0.454 e. The van der Waals surface area contributed by atoms with Crippen molar-refractivity contribution in [3.05, 3.63) is 23.8 Å². The fourth-order valence-electron chi connectivity index (χ4n) is 4.05. The maximum atomic E-state index is 5.46. The Hall–Kier alpha value is -1.22. The van der Waals surface area contributed by atoms with Crippen molar-refractivity contribution >= 4 is 0 Å². The summed E-state index contributed by atoms with van der Waals surface area (Å²) in [6, 6.07) is 7.40. The van der Waals surface area contributed by atoms with Crippen LogP contribution in [0.3, 0.4) is 0 Å². The van der Waals surface area contributed by atoms with E-state index in [1.54, 1.807) is 0 Å². The normalized spacial score (nSPS) is 32.8. The van der Waals surface area contributed by atoms with Gasteiger partial charge in [0.1, 0.15) is 0 Å². The second-order valence-corrected chi connectivity index (χ2v) is 6.28. The molecular weight excluding hydrogens is 238 g/mol. The minimum atomic E-state index is 0.354. The molecule has 4 unspecified atom stereocenters. The second-order valence-electron chi connectivity index (χ2n) is 6.28. The summed E-state index contributed by atoms with van der Waals surface area (Å²) in [5, 5.41) is 3.82. The molecule has 1 aliphatic heterocycles. The molecule has 3 heteroatoms. The third-order valence-corrected chi connectivity index (χ3v) is 5.10. The molecule has 2 aliphatic carbocycles. The number of ether oxygens (including phenoxy) is 2. The summed E-state index contributed by atoms with van der Waals surface area (Å²) in [7, 11) is 0. The van der Waals surface area contributed by atoms with Crippen molar-refractivity contribution in [1.29, 1.82) is 0 Å². The summed E-state index contributed by atoms with van der Waals surface area (Å²) in [5.41, 5.74) is 1.30. The zero-order valence-corrected chi connectivity index (χ0v) is 11.4. The van der Waals surface area contributed by atoms with Gasteiger partial charge in [-0.1, -0.05) is 12.5 Å². The molecule has 0 saturated heterocycles. The van der Waals surface area contributed by atoms with Gasteiger partial charge in [-0.15, -0.1) is 0 Å². The van der Waals surface area contributed by atoms with Crippen LogP contribution in [0.4, 0.5) is 0 Å². The van der Waals surface area contributed by atoms with Gasteiger partial charge in [0.05, 0.1) is 0 Å². The molecule has 3 aliphatic rings. The SMILES string of the molecule is CC(NC1CC2CCC1C2)c1ccc2c(c1)OCO2. The summed E-state index contributed by atoms with van der Waals surface area (Å²) in [4.78, 5) is 0. The van der Waals surface area contributed by atoms with E-state index in [2.05, 4.69) is 24.4 Å². The smallest absolute Gasteiger partial charge is 0.231 e. The molecule has 1 aromatic carbocycles. The maximum Gasteiger partial charge on any atom is 0.231 e. The fraction of sp³-hybridized carbons (Fsp3) is 0.625. The molecule has 0 spiro atoms. The van der Waals surface area contributed by atoms with E-state index in [9.17, 15) is 0 Å². The Morgan fingerprint density at radius 2 is 2.05 bits per heavy atom. The Balaban J connectivity index is 1.47. The number of hydrogen-bond donors (Lipinski definition) is 1. The number of benzene rings is 1. The summed E-state index contributed by atoms with van der Waals surface area (Å²) in [6.07, 6.45) is 5.71. The van der Waals surface area contributed by atoms with Gasteiger partial charge in [0.2, 0.25) is 6.79 Å². The van der Waals surface area contributed by atoms with Crippen LogP contribution < -0.4 is 14.8 Å². The molecule has 102 valence electrons. The van der Waals surface area contributed by atoms with E-state index in [1.807, 2.05) is 6.07 Å².